The smallest absolute Gasteiger partial charge is 0.253 e. The summed E-state index contributed by atoms with van der Waals surface area (Å²) in [5.74, 6) is -0.0273. The molecular formula is C15H20N4O. The maximum atomic E-state index is 12.3. The van der Waals surface area contributed by atoms with E-state index in [1.54, 1.807) is 6.20 Å². The van der Waals surface area contributed by atoms with E-state index in [4.69, 9.17) is 0 Å². The Balaban J connectivity index is 1.68. The van der Waals surface area contributed by atoms with E-state index in [9.17, 15) is 4.79 Å². The van der Waals surface area contributed by atoms with Crippen molar-refractivity contribution >= 4 is 11.6 Å². The number of hydrogen-bond donors (Lipinski definition) is 2. The molecule has 0 aliphatic carbocycles. The molecule has 0 aromatic carbocycles. The molecule has 3 rings (SSSR count). The lowest BCUT2D eigenvalue weighted by atomic mass is 9.99. The second kappa shape index (κ2) is 5.63. The van der Waals surface area contributed by atoms with Gasteiger partial charge in [0.2, 0.25) is 0 Å². The standard InChI is InChI=1S/C15H20N4O/c1-11(13-4-2-3-7-16-13)18-15(20)12-5-6-14-17-8-9-19(14)10-12/h5-6,8-11,13,16H,2-4,7H2,1H3,(H,18,20)/t11-,13-/m0/s1. The Kier molecular flexibility index (Phi) is 3.69. The van der Waals surface area contributed by atoms with Gasteiger partial charge in [-0.05, 0) is 38.4 Å². The van der Waals surface area contributed by atoms with Crippen LogP contribution in [0.3, 0.4) is 0 Å². The van der Waals surface area contributed by atoms with E-state index in [1.165, 1.54) is 12.8 Å². The van der Waals surface area contributed by atoms with Crippen molar-refractivity contribution in [2.45, 2.75) is 38.3 Å². The van der Waals surface area contributed by atoms with Crippen LogP contribution in [0.5, 0.6) is 0 Å². The number of carbonyl (C=O) groups is 1. The predicted molar refractivity (Wildman–Crippen MR) is 77.8 cm³/mol. The Morgan fingerprint density at radius 2 is 2.40 bits per heavy atom. The number of imidazole rings is 1. The molecule has 20 heavy (non-hydrogen) atoms. The van der Waals surface area contributed by atoms with E-state index in [0.717, 1.165) is 18.6 Å². The van der Waals surface area contributed by atoms with Crippen LogP contribution < -0.4 is 10.6 Å². The Morgan fingerprint density at radius 1 is 1.50 bits per heavy atom. The second-order valence-corrected chi connectivity index (χ2v) is 5.43. The van der Waals surface area contributed by atoms with E-state index < -0.39 is 0 Å². The van der Waals surface area contributed by atoms with Gasteiger partial charge >= 0.3 is 0 Å². The first kappa shape index (κ1) is 13.1. The fourth-order valence-corrected chi connectivity index (χ4v) is 2.75. The molecule has 2 atom stereocenters. The fourth-order valence-electron chi connectivity index (χ4n) is 2.75. The number of amides is 1. The second-order valence-electron chi connectivity index (χ2n) is 5.43. The molecule has 2 aromatic rings. The first-order valence-electron chi connectivity index (χ1n) is 7.21. The number of aromatic nitrogens is 2. The lowest BCUT2D eigenvalue weighted by Gasteiger charge is -2.29. The highest BCUT2D eigenvalue weighted by molar-refractivity contribution is 5.94. The molecule has 1 amide bonds. The number of carbonyl (C=O) groups excluding carboxylic acids is 1. The van der Waals surface area contributed by atoms with Crippen molar-refractivity contribution in [2.24, 2.45) is 0 Å². The summed E-state index contributed by atoms with van der Waals surface area (Å²) in [6.45, 7) is 3.11. The third-order valence-electron chi connectivity index (χ3n) is 3.96. The van der Waals surface area contributed by atoms with Gasteiger partial charge in [-0.2, -0.15) is 0 Å². The summed E-state index contributed by atoms with van der Waals surface area (Å²) in [4.78, 5) is 16.5. The van der Waals surface area contributed by atoms with Gasteiger partial charge in [-0.3, -0.25) is 4.79 Å². The van der Waals surface area contributed by atoms with Crippen LogP contribution in [0, 0.1) is 0 Å². The summed E-state index contributed by atoms with van der Waals surface area (Å²) in [5, 5.41) is 6.56. The molecule has 1 fully saturated rings. The molecule has 0 radical (unpaired) electrons. The molecule has 2 aromatic heterocycles. The third kappa shape index (κ3) is 2.67. The van der Waals surface area contributed by atoms with Gasteiger partial charge in [0, 0.05) is 30.7 Å². The van der Waals surface area contributed by atoms with Crippen LogP contribution >= 0.6 is 0 Å². The zero-order valence-electron chi connectivity index (χ0n) is 11.7. The Hall–Kier alpha value is -1.88. The van der Waals surface area contributed by atoms with Crippen molar-refractivity contribution in [1.29, 1.82) is 0 Å². The molecule has 106 valence electrons. The summed E-state index contributed by atoms with van der Waals surface area (Å²) < 4.78 is 1.86. The highest BCUT2D eigenvalue weighted by atomic mass is 16.1. The molecule has 1 aliphatic heterocycles. The Bertz CT molecular complexity index is 601. The van der Waals surface area contributed by atoms with Crippen LogP contribution in [0.1, 0.15) is 36.5 Å². The van der Waals surface area contributed by atoms with Crippen LogP contribution in [0.4, 0.5) is 0 Å². The number of rotatable bonds is 3. The normalized spacial score (nSPS) is 20.8. The van der Waals surface area contributed by atoms with Gasteiger partial charge in [0.15, 0.2) is 0 Å². The van der Waals surface area contributed by atoms with Gasteiger partial charge in [0.05, 0.1) is 5.56 Å². The molecule has 1 aliphatic rings. The maximum absolute atomic E-state index is 12.3. The molecule has 2 N–H and O–H groups in total. The van der Waals surface area contributed by atoms with Crippen molar-refractivity contribution in [2.75, 3.05) is 6.54 Å². The number of hydrogen-bond acceptors (Lipinski definition) is 3. The monoisotopic (exact) mass is 272 g/mol. The first-order valence-corrected chi connectivity index (χ1v) is 7.21. The van der Waals surface area contributed by atoms with Crippen LogP contribution in [0.15, 0.2) is 30.7 Å². The highest BCUT2D eigenvalue weighted by Crippen LogP contribution is 2.11. The van der Waals surface area contributed by atoms with Crippen LogP contribution in [0.25, 0.3) is 5.65 Å². The summed E-state index contributed by atoms with van der Waals surface area (Å²) in [6, 6.07) is 4.20. The highest BCUT2D eigenvalue weighted by Gasteiger charge is 2.21. The first-order chi connectivity index (χ1) is 9.74. The SMILES string of the molecule is C[C@H](NC(=O)c1ccc2nccn2c1)[C@@H]1CCCCN1. The zero-order chi connectivity index (χ0) is 13.9. The van der Waals surface area contributed by atoms with Crippen molar-refractivity contribution < 1.29 is 4.79 Å². The number of nitrogens with zero attached hydrogens (tertiary/aromatic N) is 2. The van der Waals surface area contributed by atoms with Crippen LogP contribution in [-0.2, 0) is 0 Å². The third-order valence-corrected chi connectivity index (χ3v) is 3.96. The molecule has 0 unspecified atom stereocenters. The van der Waals surface area contributed by atoms with E-state index in [2.05, 4.69) is 22.5 Å². The lowest BCUT2D eigenvalue weighted by molar-refractivity contribution is 0.0927. The molecule has 0 bridgehead atoms. The Labute approximate surface area is 118 Å². The minimum atomic E-state index is -0.0273. The summed E-state index contributed by atoms with van der Waals surface area (Å²) in [6.07, 6.45) is 8.98. The number of pyridine rings is 1. The van der Waals surface area contributed by atoms with Crippen molar-refractivity contribution in [3.8, 4) is 0 Å². The van der Waals surface area contributed by atoms with Crippen molar-refractivity contribution in [1.82, 2.24) is 20.0 Å². The van der Waals surface area contributed by atoms with Gasteiger partial charge in [0.1, 0.15) is 5.65 Å². The van der Waals surface area contributed by atoms with Gasteiger partial charge in [-0.25, -0.2) is 4.98 Å². The minimum absolute atomic E-state index is 0.0273. The summed E-state index contributed by atoms with van der Waals surface area (Å²) in [5.41, 5.74) is 1.52. The van der Waals surface area contributed by atoms with Crippen LogP contribution in [0.2, 0.25) is 0 Å². The molecule has 0 saturated carbocycles. The average Bonchev–Trinajstić information content (AvgIpc) is 2.95. The summed E-state index contributed by atoms with van der Waals surface area (Å²) in [7, 11) is 0. The lowest BCUT2D eigenvalue weighted by Crippen LogP contribution is -2.50. The molecule has 5 heteroatoms. The van der Waals surface area contributed by atoms with Gasteiger partial charge in [0.25, 0.3) is 5.91 Å². The van der Waals surface area contributed by atoms with Gasteiger partial charge in [-0.1, -0.05) is 6.42 Å². The van der Waals surface area contributed by atoms with Crippen LogP contribution in [-0.4, -0.2) is 33.9 Å². The molecular weight excluding hydrogens is 252 g/mol. The topological polar surface area (TPSA) is 58.4 Å². The van der Waals surface area contributed by atoms with E-state index in [0.29, 0.717) is 11.6 Å². The van der Waals surface area contributed by atoms with Crippen molar-refractivity contribution in [3.63, 3.8) is 0 Å². The maximum Gasteiger partial charge on any atom is 0.253 e. The minimum Gasteiger partial charge on any atom is -0.348 e. The van der Waals surface area contributed by atoms with E-state index >= 15 is 0 Å². The molecule has 5 nitrogen and oxygen atoms in total. The quantitative estimate of drug-likeness (QED) is 0.892. The summed E-state index contributed by atoms with van der Waals surface area (Å²) >= 11 is 0. The Morgan fingerprint density at radius 3 is 3.20 bits per heavy atom. The average molecular weight is 272 g/mol. The molecule has 3 heterocycles. The fraction of sp³-hybridized carbons (Fsp3) is 0.467. The van der Waals surface area contributed by atoms with Gasteiger partial charge < -0.3 is 15.0 Å². The zero-order valence-corrected chi connectivity index (χ0v) is 11.7. The predicted octanol–water partition coefficient (Wildman–Crippen LogP) is 1.59. The number of fused-ring (bicyclic) bond motifs is 1. The van der Waals surface area contributed by atoms with E-state index in [-0.39, 0.29) is 11.9 Å². The van der Waals surface area contributed by atoms with Gasteiger partial charge in [-0.15, -0.1) is 0 Å². The number of piperidine rings is 1. The van der Waals surface area contributed by atoms with Crippen molar-refractivity contribution in [3.05, 3.63) is 36.3 Å². The molecule has 1 saturated heterocycles. The van der Waals surface area contributed by atoms with E-state index in [1.807, 2.05) is 28.9 Å². The number of nitrogens with one attached hydrogen (secondary N) is 2. The molecule has 0 spiro atoms. The largest absolute Gasteiger partial charge is 0.348 e.